The monoisotopic (exact) mass is 299 g/mol. The molecule has 1 unspecified atom stereocenters. The van der Waals surface area contributed by atoms with Crippen LogP contribution in [0.15, 0.2) is 38.7 Å². The zero-order valence-corrected chi connectivity index (χ0v) is 11.3. The van der Waals surface area contributed by atoms with Crippen molar-refractivity contribution in [3.8, 4) is 0 Å². The van der Waals surface area contributed by atoms with Crippen molar-refractivity contribution >= 4 is 27.3 Å². The van der Waals surface area contributed by atoms with Gasteiger partial charge in [-0.25, -0.2) is 0 Å². The van der Waals surface area contributed by atoms with Crippen LogP contribution in [0.5, 0.6) is 0 Å². The molecule has 4 heteroatoms. The standard InChI is InChI=1S/C12H14BrNOS/c13-9-6-12(16-8-9)7-10(14)3-4-11-2-1-5-15-11/h1-2,5-6,8,10H,3-4,7,14H2. The second kappa shape index (κ2) is 5.66. The van der Waals surface area contributed by atoms with Crippen molar-refractivity contribution < 1.29 is 4.42 Å². The zero-order chi connectivity index (χ0) is 11.4. The van der Waals surface area contributed by atoms with Gasteiger partial charge in [0.25, 0.3) is 0 Å². The summed E-state index contributed by atoms with van der Waals surface area (Å²) < 4.78 is 6.42. The van der Waals surface area contributed by atoms with Crippen molar-refractivity contribution in [3.05, 3.63) is 45.0 Å². The van der Waals surface area contributed by atoms with Crippen LogP contribution in [-0.4, -0.2) is 6.04 Å². The predicted molar refractivity (Wildman–Crippen MR) is 70.7 cm³/mol. The Bertz CT molecular complexity index is 424. The highest BCUT2D eigenvalue weighted by Crippen LogP contribution is 2.21. The maximum atomic E-state index is 6.08. The van der Waals surface area contributed by atoms with Crippen molar-refractivity contribution in [1.29, 1.82) is 0 Å². The van der Waals surface area contributed by atoms with Crippen LogP contribution in [0.25, 0.3) is 0 Å². The third kappa shape index (κ3) is 3.47. The van der Waals surface area contributed by atoms with Gasteiger partial charge in [0.1, 0.15) is 5.76 Å². The quantitative estimate of drug-likeness (QED) is 0.916. The molecular weight excluding hydrogens is 286 g/mol. The van der Waals surface area contributed by atoms with E-state index < -0.39 is 0 Å². The number of hydrogen-bond acceptors (Lipinski definition) is 3. The van der Waals surface area contributed by atoms with Gasteiger partial charge >= 0.3 is 0 Å². The molecule has 0 spiro atoms. The van der Waals surface area contributed by atoms with E-state index >= 15 is 0 Å². The number of nitrogens with two attached hydrogens (primary N) is 1. The molecule has 1 atom stereocenters. The SMILES string of the molecule is NC(CCc1ccco1)Cc1cc(Br)cs1. The molecule has 0 fully saturated rings. The van der Waals surface area contributed by atoms with E-state index in [0.717, 1.165) is 29.5 Å². The molecular formula is C12H14BrNOS. The van der Waals surface area contributed by atoms with Crippen LogP contribution in [0, 0.1) is 0 Å². The fourth-order valence-corrected chi connectivity index (χ4v) is 3.15. The van der Waals surface area contributed by atoms with Crippen molar-refractivity contribution in [3.63, 3.8) is 0 Å². The van der Waals surface area contributed by atoms with Gasteiger partial charge in [-0.1, -0.05) is 0 Å². The summed E-state index contributed by atoms with van der Waals surface area (Å²) in [6.45, 7) is 0. The van der Waals surface area contributed by atoms with E-state index in [1.807, 2.05) is 12.1 Å². The molecule has 2 N–H and O–H groups in total. The lowest BCUT2D eigenvalue weighted by atomic mass is 10.1. The van der Waals surface area contributed by atoms with Crippen LogP contribution in [0.2, 0.25) is 0 Å². The molecule has 86 valence electrons. The largest absolute Gasteiger partial charge is 0.469 e. The average molecular weight is 300 g/mol. The van der Waals surface area contributed by atoms with Gasteiger partial charge in [-0.15, -0.1) is 11.3 Å². The number of furan rings is 1. The van der Waals surface area contributed by atoms with Crippen LogP contribution in [0.1, 0.15) is 17.1 Å². The van der Waals surface area contributed by atoms with Gasteiger partial charge in [-0.05, 0) is 47.0 Å². The Balaban J connectivity index is 1.78. The number of thiophene rings is 1. The van der Waals surface area contributed by atoms with Crippen molar-refractivity contribution in [2.24, 2.45) is 5.73 Å². The Kier molecular flexibility index (Phi) is 4.21. The molecule has 0 aliphatic carbocycles. The highest BCUT2D eigenvalue weighted by atomic mass is 79.9. The maximum absolute atomic E-state index is 6.08. The number of rotatable bonds is 5. The number of hydrogen-bond donors (Lipinski definition) is 1. The van der Waals surface area contributed by atoms with Crippen molar-refractivity contribution in [1.82, 2.24) is 0 Å². The Morgan fingerprint density at radius 3 is 3.00 bits per heavy atom. The Labute approximate surface area is 108 Å². The van der Waals surface area contributed by atoms with Gasteiger partial charge in [0, 0.05) is 27.2 Å². The minimum atomic E-state index is 0.204. The highest BCUT2D eigenvalue weighted by molar-refractivity contribution is 9.10. The second-order valence-corrected chi connectivity index (χ2v) is 5.72. The molecule has 2 aromatic heterocycles. The van der Waals surface area contributed by atoms with E-state index in [-0.39, 0.29) is 6.04 Å². The molecule has 0 radical (unpaired) electrons. The van der Waals surface area contributed by atoms with Gasteiger partial charge in [-0.2, -0.15) is 0 Å². The Hall–Kier alpha value is -0.580. The van der Waals surface area contributed by atoms with Gasteiger partial charge < -0.3 is 10.2 Å². The van der Waals surface area contributed by atoms with Gasteiger partial charge in [-0.3, -0.25) is 0 Å². The summed E-state index contributed by atoms with van der Waals surface area (Å²) in [5.41, 5.74) is 6.08. The first-order valence-electron chi connectivity index (χ1n) is 5.25. The summed E-state index contributed by atoms with van der Waals surface area (Å²) in [5.74, 6) is 1.02. The predicted octanol–water partition coefficient (Wildman–Crippen LogP) is 3.61. The third-order valence-electron chi connectivity index (χ3n) is 2.43. The highest BCUT2D eigenvalue weighted by Gasteiger charge is 2.07. The van der Waals surface area contributed by atoms with E-state index in [2.05, 4.69) is 27.4 Å². The van der Waals surface area contributed by atoms with Gasteiger partial charge in [0.05, 0.1) is 6.26 Å². The van der Waals surface area contributed by atoms with E-state index in [1.54, 1.807) is 17.6 Å². The molecule has 0 aliphatic heterocycles. The van der Waals surface area contributed by atoms with E-state index in [0.29, 0.717) is 0 Å². The molecule has 16 heavy (non-hydrogen) atoms. The van der Waals surface area contributed by atoms with Gasteiger partial charge in [0.2, 0.25) is 0 Å². The molecule has 0 aromatic carbocycles. The molecule has 0 bridgehead atoms. The van der Waals surface area contributed by atoms with E-state index in [4.69, 9.17) is 10.2 Å². The van der Waals surface area contributed by atoms with Crippen LogP contribution >= 0.6 is 27.3 Å². The van der Waals surface area contributed by atoms with Crippen LogP contribution in [0.3, 0.4) is 0 Å². The Morgan fingerprint density at radius 2 is 2.38 bits per heavy atom. The summed E-state index contributed by atoms with van der Waals surface area (Å²) >= 11 is 5.20. The number of halogens is 1. The van der Waals surface area contributed by atoms with Crippen LogP contribution in [-0.2, 0) is 12.8 Å². The first kappa shape index (κ1) is 11.9. The van der Waals surface area contributed by atoms with Crippen molar-refractivity contribution in [2.75, 3.05) is 0 Å². The van der Waals surface area contributed by atoms with Crippen LogP contribution in [0.4, 0.5) is 0 Å². The lowest BCUT2D eigenvalue weighted by Crippen LogP contribution is -2.22. The molecule has 0 aliphatic rings. The first-order valence-corrected chi connectivity index (χ1v) is 6.92. The molecule has 0 amide bonds. The molecule has 2 rings (SSSR count). The topological polar surface area (TPSA) is 39.2 Å². The normalized spacial score (nSPS) is 12.9. The maximum Gasteiger partial charge on any atom is 0.103 e. The lowest BCUT2D eigenvalue weighted by Gasteiger charge is -2.08. The smallest absolute Gasteiger partial charge is 0.103 e. The zero-order valence-electron chi connectivity index (χ0n) is 8.86. The molecule has 0 saturated heterocycles. The van der Waals surface area contributed by atoms with Crippen molar-refractivity contribution in [2.45, 2.75) is 25.3 Å². The summed E-state index contributed by atoms with van der Waals surface area (Å²) in [7, 11) is 0. The minimum absolute atomic E-state index is 0.204. The van der Waals surface area contributed by atoms with Gasteiger partial charge in [0.15, 0.2) is 0 Å². The Morgan fingerprint density at radius 1 is 1.50 bits per heavy atom. The molecule has 2 nitrogen and oxygen atoms in total. The molecule has 2 aromatic rings. The summed E-state index contributed by atoms with van der Waals surface area (Å²) in [6, 6.07) is 6.25. The summed E-state index contributed by atoms with van der Waals surface area (Å²) in [6.07, 6.45) is 4.53. The fourth-order valence-electron chi connectivity index (χ4n) is 1.60. The molecule has 0 saturated carbocycles. The minimum Gasteiger partial charge on any atom is -0.469 e. The fraction of sp³-hybridized carbons (Fsp3) is 0.333. The van der Waals surface area contributed by atoms with Crippen LogP contribution < -0.4 is 5.73 Å². The summed E-state index contributed by atoms with van der Waals surface area (Å²) in [5, 5.41) is 2.09. The molecule has 2 heterocycles. The summed E-state index contributed by atoms with van der Waals surface area (Å²) in [4.78, 5) is 1.33. The van der Waals surface area contributed by atoms with E-state index in [9.17, 15) is 0 Å². The third-order valence-corrected chi connectivity index (χ3v) is 4.15. The second-order valence-electron chi connectivity index (χ2n) is 3.81. The lowest BCUT2D eigenvalue weighted by molar-refractivity contribution is 0.484. The number of aryl methyl sites for hydroxylation is 1. The average Bonchev–Trinajstić information content (AvgIpc) is 2.87. The van der Waals surface area contributed by atoms with E-state index in [1.165, 1.54) is 4.88 Å². The first-order chi connectivity index (χ1) is 7.74.